The number of aromatic amines is 1. The lowest BCUT2D eigenvalue weighted by molar-refractivity contribution is 0.402. The molecule has 0 bridgehead atoms. The van der Waals surface area contributed by atoms with Crippen LogP contribution in [-0.2, 0) is 0 Å². The van der Waals surface area contributed by atoms with Crippen LogP contribution in [0.3, 0.4) is 0 Å². The zero-order valence-corrected chi connectivity index (χ0v) is 10.5. The zero-order chi connectivity index (χ0) is 9.42. The minimum atomic E-state index is 0.648. The van der Waals surface area contributed by atoms with Gasteiger partial charge in [-0.3, -0.25) is 0 Å². The molecular weight excluding hydrogens is 347 g/mol. The van der Waals surface area contributed by atoms with Crippen LogP contribution in [0.1, 0.15) is 0 Å². The third-order valence-corrected chi connectivity index (χ3v) is 3.00. The molecule has 0 saturated carbocycles. The molecule has 0 amide bonds. The van der Waals surface area contributed by atoms with Gasteiger partial charge in [0.25, 0.3) is 0 Å². The predicted molar refractivity (Wildman–Crippen MR) is 63.1 cm³/mol. The van der Waals surface area contributed by atoms with Gasteiger partial charge in [-0.05, 0) is 44.6 Å². The van der Waals surface area contributed by atoms with Crippen LogP contribution in [-0.4, -0.2) is 17.1 Å². The highest BCUT2D eigenvalue weighted by Gasteiger charge is 2.09. The highest BCUT2D eigenvalue weighted by atomic mass is 127. The van der Waals surface area contributed by atoms with E-state index in [4.69, 9.17) is 4.74 Å². The molecule has 2 aromatic rings. The average Bonchev–Trinajstić information content (AvgIpc) is 2.46. The topological polar surface area (TPSA) is 37.9 Å². The highest BCUT2D eigenvalue weighted by molar-refractivity contribution is 14.1. The minimum Gasteiger partial charge on any atom is -0.480 e. The lowest BCUT2D eigenvalue weighted by atomic mass is 10.3. The summed E-state index contributed by atoms with van der Waals surface area (Å²) in [5.41, 5.74) is 1.03. The molecule has 5 heteroatoms. The summed E-state index contributed by atoms with van der Waals surface area (Å²) in [5.74, 6) is 0.648. The number of aromatic nitrogens is 2. The first-order valence-corrected chi connectivity index (χ1v) is 5.46. The maximum Gasteiger partial charge on any atom is 0.224 e. The Morgan fingerprint density at radius 1 is 1.62 bits per heavy atom. The molecule has 2 heterocycles. The maximum absolute atomic E-state index is 5.18. The van der Waals surface area contributed by atoms with E-state index in [9.17, 15) is 0 Å². The van der Waals surface area contributed by atoms with E-state index >= 15 is 0 Å². The summed E-state index contributed by atoms with van der Waals surface area (Å²) in [5, 5.41) is 1.03. The molecule has 0 aliphatic rings. The molecule has 0 saturated heterocycles. The molecule has 68 valence electrons. The number of methoxy groups -OCH3 is 1. The van der Waals surface area contributed by atoms with Crippen molar-refractivity contribution in [2.24, 2.45) is 0 Å². The molecule has 3 nitrogen and oxygen atoms in total. The molecule has 13 heavy (non-hydrogen) atoms. The Bertz CT molecular complexity index is 455. The van der Waals surface area contributed by atoms with E-state index in [-0.39, 0.29) is 0 Å². The summed E-state index contributed by atoms with van der Waals surface area (Å²) in [7, 11) is 1.62. The van der Waals surface area contributed by atoms with Crippen LogP contribution in [0, 0.1) is 3.57 Å². The molecule has 0 spiro atoms. The van der Waals surface area contributed by atoms with E-state index in [2.05, 4.69) is 48.5 Å². The Hall–Kier alpha value is -0.300. The highest BCUT2D eigenvalue weighted by Crippen LogP contribution is 2.29. The van der Waals surface area contributed by atoms with Crippen molar-refractivity contribution in [2.45, 2.75) is 0 Å². The second-order valence-electron chi connectivity index (χ2n) is 2.51. The second kappa shape index (κ2) is 3.45. The number of hydrogen-bond donors (Lipinski definition) is 1. The molecule has 0 unspecified atom stereocenters. The summed E-state index contributed by atoms with van der Waals surface area (Å²) in [6.07, 6.45) is 1.93. The molecule has 0 aromatic carbocycles. The third kappa shape index (κ3) is 1.54. The Balaban J connectivity index is 2.85. The van der Waals surface area contributed by atoms with Gasteiger partial charge in [-0.15, -0.1) is 0 Å². The Morgan fingerprint density at radius 2 is 2.38 bits per heavy atom. The fourth-order valence-electron chi connectivity index (χ4n) is 1.20. The number of ether oxygens (including phenoxy) is 1. The van der Waals surface area contributed by atoms with Gasteiger partial charge in [0, 0.05) is 9.77 Å². The van der Waals surface area contributed by atoms with Crippen LogP contribution in [0.15, 0.2) is 16.9 Å². The first-order valence-electron chi connectivity index (χ1n) is 3.59. The van der Waals surface area contributed by atoms with Crippen LogP contribution < -0.4 is 4.74 Å². The predicted octanol–water partition coefficient (Wildman–Crippen LogP) is 2.94. The molecular formula is C8H6BrIN2O. The zero-order valence-electron chi connectivity index (χ0n) is 6.77. The summed E-state index contributed by atoms with van der Waals surface area (Å²) >= 11 is 5.57. The normalized spacial score (nSPS) is 10.7. The summed E-state index contributed by atoms with van der Waals surface area (Å²) < 4.78 is 7.07. The molecule has 0 aliphatic heterocycles. The number of halogens is 2. The molecule has 0 radical (unpaired) electrons. The van der Waals surface area contributed by atoms with Gasteiger partial charge in [-0.25, -0.2) is 4.98 Å². The van der Waals surface area contributed by atoms with Crippen LogP contribution in [0.5, 0.6) is 5.88 Å². The monoisotopic (exact) mass is 352 g/mol. The number of pyridine rings is 1. The van der Waals surface area contributed by atoms with Gasteiger partial charge in [0.15, 0.2) is 0 Å². The van der Waals surface area contributed by atoms with Gasteiger partial charge in [0.1, 0.15) is 4.60 Å². The lowest BCUT2D eigenvalue weighted by Gasteiger charge is -2.01. The number of nitrogens with zero attached hydrogens (tertiary/aromatic N) is 1. The lowest BCUT2D eigenvalue weighted by Crippen LogP contribution is -1.89. The third-order valence-electron chi connectivity index (χ3n) is 1.74. The van der Waals surface area contributed by atoms with E-state index in [0.29, 0.717) is 5.88 Å². The average molecular weight is 353 g/mol. The van der Waals surface area contributed by atoms with Crippen LogP contribution in [0.4, 0.5) is 0 Å². The van der Waals surface area contributed by atoms with Gasteiger partial charge in [0.05, 0.1) is 18.0 Å². The molecule has 0 fully saturated rings. The number of hydrogen-bond acceptors (Lipinski definition) is 2. The molecule has 2 rings (SSSR count). The number of fused-ring (bicyclic) bond motifs is 1. The first-order chi connectivity index (χ1) is 6.22. The minimum absolute atomic E-state index is 0.648. The second-order valence-corrected chi connectivity index (χ2v) is 4.49. The maximum atomic E-state index is 5.18. The largest absolute Gasteiger partial charge is 0.480 e. The van der Waals surface area contributed by atoms with Crippen molar-refractivity contribution in [1.82, 2.24) is 9.97 Å². The van der Waals surface area contributed by atoms with Gasteiger partial charge < -0.3 is 9.72 Å². The van der Waals surface area contributed by atoms with Crippen molar-refractivity contribution in [3.8, 4) is 5.88 Å². The van der Waals surface area contributed by atoms with Crippen molar-refractivity contribution in [2.75, 3.05) is 7.11 Å². The standard InChI is InChI=1S/C8H6BrIN2O/c1-13-8-7-4(10)3-11-5(7)2-6(9)12-8/h2-3,11H,1H3. The van der Waals surface area contributed by atoms with E-state index in [0.717, 1.165) is 19.1 Å². The Morgan fingerprint density at radius 3 is 3.08 bits per heavy atom. The van der Waals surface area contributed by atoms with Crippen molar-refractivity contribution < 1.29 is 4.74 Å². The van der Waals surface area contributed by atoms with Crippen molar-refractivity contribution in [3.05, 3.63) is 20.4 Å². The molecule has 0 atom stereocenters. The number of nitrogens with one attached hydrogen (secondary N) is 1. The molecule has 1 N–H and O–H groups in total. The Labute approximate surface area is 97.1 Å². The molecule has 2 aromatic heterocycles. The fraction of sp³-hybridized carbons (Fsp3) is 0.125. The number of rotatable bonds is 1. The summed E-state index contributed by atoms with van der Waals surface area (Å²) in [6, 6.07) is 1.93. The van der Waals surface area contributed by atoms with Gasteiger partial charge in [-0.2, -0.15) is 0 Å². The SMILES string of the molecule is COc1nc(Br)cc2[nH]cc(I)c12. The van der Waals surface area contributed by atoms with E-state index < -0.39 is 0 Å². The van der Waals surface area contributed by atoms with Gasteiger partial charge in [-0.1, -0.05) is 0 Å². The Kier molecular flexibility index (Phi) is 2.46. The van der Waals surface area contributed by atoms with E-state index in [1.54, 1.807) is 7.11 Å². The number of H-pyrrole nitrogens is 1. The van der Waals surface area contributed by atoms with Crippen LogP contribution in [0.25, 0.3) is 10.9 Å². The summed E-state index contributed by atoms with van der Waals surface area (Å²) in [6.45, 7) is 0. The smallest absolute Gasteiger partial charge is 0.224 e. The van der Waals surface area contributed by atoms with Crippen molar-refractivity contribution in [3.63, 3.8) is 0 Å². The van der Waals surface area contributed by atoms with Gasteiger partial charge >= 0.3 is 0 Å². The quantitative estimate of drug-likeness (QED) is 0.633. The van der Waals surface area contributed by atoms with Crippen molar-refractivity contribution >= 4 is 49.4 Å². The van der Waals surface area contributed by atoms with Crippen LogP contribution >= 0.6 is 38.5 Å². The van der Waals surface area contributed by atoms with Crippen LogP contribution in [0.2, 0.25) is 0 Å². The summed E-state index contributed by atoms with van der Waals surface area (Å²) in [4.78, 5) is 7.37. The van der Waals surface area contributed by atoms with E-state index in [1.807, 2.05) is 12.3 Å². The first kappa shape index (κ1) is 9.26. The fourth-order valence-corrected chi connectivity index (χ4v) is 2.26. The van der Waals surface area contributed by atoms with E-state index in [1.165, 1.54) is 0 Å². The van der Waals surface area contributed by atoms with Gasteiger partial charge in [0.2, 0.25) is 5.88 Å². The van der Waals surface area contributed by atoms with Crippen molar-refractivity contribution in [1.29, 1.82) is 0 Å². The molecule has 0 aliphatic carbocycles.